The summed E-state index contributed by atoms with van der Waals surface area (Å²) in [6.07, 6.45) is 2.27. The van der Waals surface area contributed by atoms with Crippen LogP contribution in [0.15, 0.2) is 0 Å². The fourth-order valence-corrected chi connectivity index (χ4v) is 2.14. The zero-order chi connectivity index (χ0) is 13.8. The molecule has 5 heteroatoms. The van der Waals surface area contributed by atoms with E-state index in [2.05, 4.69) is 0 Å². The summed E-state index contributed by atoms with van der Waals surface area (Å²) < 4.78 is 10.2. The molecule has 1 unspecified atom stereocenters. The Morgan fingerprint density at radius 1 is 1.44 bits per heavy atom. The molecule has 0 aromatic rings. The highest BCUT2D eigenvalue weighted by Gasteiger charge is 2.31. The third kappa shape index (κ3) is 4.82. The smallest absolute Gasteiger partial charge is 0.410 e. The Morgan fingerprint density at radius 2 is 2.11 bits per heavy atom. The van der Waals surface area contributed by atoms with Gasteiger partial charge in [0.2, 0.25) is 0 Å². The van der Waals surface area contributed by atoms with E-state index in [0.29, 0.717) is 13.0 Å². The molecule has 5 nitrogen and oxygen atoms in total. The number of likely N-dealkylation sites (tertiary alicyclic amines) is 1. The van der Waals surface area contributed by atoms with Crippen molar-refractivity contribution in [2.45, 2.75) is 64.4 Å². The minimum atomic E-state index is -0.821. The third-order valence-corrected chi connectivity index (χ3v) is 3.00. The van der Waals surface area contributed by atoms with Gasteiger partial charge in [0.15, 0.2) is 6.29 Å². The van der Waals surface area contributed by atoms with Gasteiger partial charge in [-0.3, -0.25) is 0 Å². The Balaban J connectivity index is 2.61. The van der Waals surface area contributed by atoms with Crippen LogP contribution in [0.2, 0.25) is 0 Å². The molecule has 1 rings (SSSR count). The van der Waals surface area contributed by atoms with E-state index in [1.807, 2.05) is 20.8 Å². The van der Waals surface area contributed by atoms with E-state index < -0.39 is 11.9 Å². The van der Waals surface area contributed by atoms with Gasteiger partial charge in [-0.15, -0.1) is 0 Å². The van der Waals surface area contributed by atoms with Gasteiger partial charge in [-0.25, -0.2) is 4.79 Å². The first-order valence-corrected chi connectivity index (χ1v) is 6.54. The number of ether oxygens (including phenoxy) is 2. The Labute approximate surface area is 109 Å². The summed E-state index contributed by atoms with van der Waals surface area (Å²) in [4.78, 5) is 13.8. The third-order valence-electron chi connectivity index (χ3n) is 3.00. The number of aliphatic hydroxyl groups is 1. The van der Waals surface area contributed by atoms with Crippen molar-refractivity contribution >= 4 is 6.09 Å². The monoisotopic (exact) mass is 259 g/mol. The van der Waals surface area contributed by atoms with E-state index in [-0.39, 0.29) is 12.1 Å². The minimum Gasteiger partial charge on any atom is -0.444 e. The van der Waals surface area contributed by atoms with Crippen molar-refractivity contribution in [3.05, 3.63) is 0 Å². The largest absolute Gasteiger partial charge is 0.444 e. The second-order valence-corrected chi connectivity index (χ2v) is 5.75. The van der Waals surface area contributed by atoms with Crippen molar-refractivity contribution in [1.82, 2.24) is 4.90 Å². The highest BCUT2D eigenvalue weighted by atomic mass is 16.6. The summed E-state index contributed by atoms with van der Waals surface area (Å²) in [6.45, 7) is 6.26. The van der Waals surface area contributed by atoms with Crippen LogP contribution in [0.4, 0.5) is 4.79 Å². The molecule has 0 aromatic carbocycles. The number of carbonyl (C=O) groups is 1. The van der Waals surface area contributed by atoms with Crippen molar-refractivity contribution in [2.75, 3.05) is 13.7 Å². The standard InChI is InChI=1S/C13H25NO4/c1-13(2,3)18-12(16)14-8-6-5-7-10(14)9-11(15)17-4/h10-11,15H,5-9H2,1-4H3/t10-,11?/m0/s1. The van der Waals surface area contributed by atoms with Gasteiger partial charge < -0.3 is 19.5 Å². The zero-order valence-electron chi connectivity index (χ0n) is 11.8. The molecule has 0 bridgehead atoms. The van der Waals surface area contributed by atoms with Gasteiger partial charge in [0.25, 0.3) is 0 Å². The summed E-state index contributed by atoms with van der Waals surface area (Å²) in [5.74, 6) is 0. The van der Waals surface area contributed by atoms with E-state index >= 15 is 0 Å². The van der Waals surface area contributed by atoms with Crippen molar-refractivity contribution in [2.24, 2.45) is 0 Å². The summed E-state index contributed by atoms with van der Waals surface area (Å²) in [6, 6.07) is 0.00329. The van der Waals surface area contributed by atoms with Crippen molar-refractivity contribution in [3.8, 4) is 0 Å². The average molecular weight is 259 g/mol. The van der Waals surface area contributed by atoms with Gasteiger partial charge in [-0.05, 0) is 40.0 Å². The quantitative estimate of drug-likeness (QED) is 0.789. The molecule has 0 aliphatic carbocycles. The molecule has 1 saturated heterocycles. The SMILES string of the molecule is COC(O)C[C@@H]1CCCCN1C(=O)OC(C)(C)C. The maximum atomic E-state index is 12.1. The Kier molecular flexibility index (Phi) is 5.41. The lowest BCUT2D eigenvalue weighted by Crippen LogP contribution is -2.47. The van der Waals surface area contributed by atoms with Crippen LogP contribution in [-0.2, 0) is 9.47 Å². The van der Waals surface area contributed by atoms with Crippen molar-refractivity contribution in [1.29, 1.82) is 0 Å². The molecule has 0 saturated carbocycles. The van der Waals surface area contributed by atoms with Gasteiger partial charge in [0.05, 0.1) is 0 Å². The molecule has 1 aliphatic heterocycles. The molecule has 1 fully saturated rings. The first kappa shape index (κ1) is 15.2. The number of hydrogen-bond donors (Lipinski definition) is 1. The summed E-state index contributed by atoms with van der Waals surface area (Å²) in [7, 11) is 1.46. The first-order valence-electron chi connectivity index (χ1n) is 6.54. The molecule has 0 aromatic heterocycles. The van der Waals surface area contributed by atoms with Crippen LogP contribution >= 0.6 is 0 Å². The Hall–Kier alpha value is -0.810. The number of piperidine rings is 1. The average Bonchev–Trinajstić information content (AvgIpc) is 2.27. The van der Waals surface area contributed by atoms with Crippen LogP contribution in [0.25, 0.3) is 0 Å². The lowest BCUT2D eigenvalue weighted by atomic mass is 9.99. The van der Waals surface area contributed by atoms with Crippen LogP contribution < -0.4 is 0 Å². The van der Waals surface area contributed by atoms with E-state index in [9.17, 15) is 9.90 Å². The van der Waals surface area contributed by atoms with Gasteiger partial charge in [0.1, 0.15) is 5.60 Å². The van der Waals surface area contributed by atoms with Gasteiger partial charge in [0, 0.05) is 26.1 Å². The first-order chi connectivity index (χ1) is 8.33. The fourth-order valence-electron chi connectivity index (χ4n) is 2.14. The van der Waals surface area contributed by atoms with E-state index in [1.165, 1.54) is 7.11 Å². The Morgan fingerprint density at radius 3 is 2.67 bits per heavy atom. The molecule has 1 amide bonds. The Bertz CT molecular complexity index is 275. The zero-order valence-corrected chi connectivity index (χ0v) is 11.8. The molecular formula is C13H25NO4. The molecule has 0 spiro atoms. The number of nitrogens with zero attached hydrogens (tertiary/aromatic N) is 1. The van der Waals surface area contributed by atoms with Crippen molar-refractivity contribution in [3.63, 3.8) is 0 Å². The van der Waals surface area contributed by atoms with Crippen LogP contribution in [0.1, 0.15) is 46.5 Å². The van der Waals surface area contributed by atoms with Gasteiger partial charge in [-0.2, -0.15) is 0 Å². The molecule has 106 valence electrons. The number of aliphatic hydroxyl groups excluding tert-OH is 1. The topological polar surface area (TPSA) is 59.0 Å². The van der Waals surface area contributed by atoms with Crippen molar-refractivity contribution < 1.29 is 19.4 Å². The summed E-state index contributed by atoms with van der Waals surface area (Å²) in [5.41, 5.74) is -0.487. The highest BCUT2D eigenvalue weighted by molar-refractivity contribution is 5.68. The van der Waals surface area contributed by atoms with E-state index in [4.69, 9.17) is 9.47 Å². The molecule has 0 radical (unpaired) electrons. The van der Waals surface area contributed by atoms with Crippen LogP contribution in [-0.4, -0.2) is 47.7 Å². The van der Waals surface area contributed by atoms with Gasteiger partial charge >= 0.3 is 6.09 Å². The molecule has 1 heterocycles. The maximum absolute atomic E-state index is 12.1. The number of amides is 1. The normalized spacial score (nSPS) is 22.7. The minimum absolute atomic E-state index is 0.00329. The number of methoxy groups -OCH3 is 1. The van der Waals surface area contributed by atoms with Gasteiger partial charge in [-0.1, -0.05) is 0 Å². The van der Waals surface area contributed by atoms with E-state index in [0.717, 1.165) is 19.3 Å². The number of hydrogen-bond acceptors (Lipinski definition) is 4. The predicted octanol–water partition coefficient (Wildman–Crippen LogP) is 2.13. The molecule has 18 heavy (non-hydrogen) atoms. The van der Waals surface area contributed by atoms with Crippen LogP contribution in [0.5, 0.6) is 0 Å². The lowest BCUT2D eigenvalue weighted by molar-refractivity contribution is -0.0943. The second kappa shape index (κ2) is 6.38. The summed E-state index contributed by atoms with van der Waals surface area (Å²) >= 11 is 0. The number of rotatable bonds is 3. The lowest BCUT2D eigenvalue weighted by Gasteiger charge is -2.37. The fraction of sp³-hybridized carbons (Fsp3) is 0.923. The predicted molar refractivity (Wildman–Crippen MR) is 68.2 cm³/mol. The molecule has 1 N–H and O–H groups in total. The van der Waals surface area contributed by atoms with Crippen LogP contribution in [0.3, 0.4) is 0 Å². The number of carbonyl (C=O) groups excluding carboxylic acids is 1. The van der Waals surface area contributed by atoms with E-state index in [1.54, 1.807) is 4.90 Å². The molecule has 2 atom stereocenters. The second-order valence-electron chi connectivity index (χ2n) is 5.75. The maximum Gasteiger partial charge on any atom is 0.410 e. The summed E-state index contributed by atoms with van der Waals surface area (Å²) in [5, 5.41) is 9.54. The van der Waals surface area contributed by atoms with Crippen LogP contribution in [0, 0.1) is 0 Å². The molecule has 1 aliphatic rings. The molecular weight excluding hydrogens is 234 g/mol. The highest BCUT2D eigenvalue weighted by Crippen LogP contribution is 2.23.